The number of thiocarbonyl (C=S) groups is 1. The van der Waals surface area contributed by atoms with Crippen molar-refractivity contribution in [3.8, 4) is 17.6 Å². The number of carbonyl (C=O) groups excluding carboxylic acids is 1. The van der Waals surface area contributed by atoms with Gasteiger partial charge in [0.2, 0.25) is 6.79 Å². The molecule has 5 rings (SSSR count). The first-order valence-corrected chi connectivity index (χ1v) is 13.6. The number of benzene rings is 1. The fourth-order valence-electron chi connectivity index (χ4n) is 5.15. The van der Waals surface area contributed by atoms with E-state index in [0.717, 1.165) is 42.9 Å². The highest BCUT2D eigenvalue weighted by Crippen LogP contribution is 2.38. The van der Waals surface area contributed by atoms with Crippen LogP contribution < -0.4 is 19.9 Å². The highest BCUT2D eigenvalue weighted by molar-refractivity contribution is 8.26. The van der Waals surface area contributed by atoms with E-state index in [0.29, 0.717) is 45.3 Å². The summed E-state index contributed by atoms with van der Waals surface area (Å²) >= 11 is 6.83. The Morgan fingerprint density at radius 2 is 2.05 bits per heavy atom. The van der Waals surface area contributed by atoms with Crippen LogP contribution in [0.4, 0.5) is 5.82 Å². The second-order valence-electron chi connectivity index (χ2n) is 9.55. The Balaban J connectivity index is 1.55. The third-order valence-corrected chi connectivity index (χ3v) is 8.42. The average Bonchev–Trinajstić information content (AvgIpc) is 3.45. The van der Waals surface area contributed by atoms with Gasteiger partial charge in [-0.05, 0) is 61.9 Å². The van der Waals surface area contributed by atoms with Gasteiger partial charge in [0, 0.05) is 25.2 Å². The van der Waals surface area contributed by atoms with Crippen LogP contribution in [0.1, 0.15) is 48.9 Å². The maximum atomic E-state index is 13.5. The SMILES string of the molecule is CCn1c(N2CCCC(C)C2)c(/C=C2/SC(=S)N(Cc3ccc4c(c3)OCO4)C2=O)c(C)c(C#N)c1=O. The minimum atomic E-state index is -0.289. The molecule has 3 aliphatic heterocycles. The molecule has 3 aliphatic rings. The average molecular weight is 537 g/mol. The van der Waals surface area contributed by atoms with Crippen LogP contribution in [0.25, 0.3) is 6.08 Å². The Kier molecular flexibility index (Phi) is 7.01. The molecule has 1 amide bonds. The Morgan fingerprint density at radius 3 is 2.78 bits per heavy atom. The van der Waals surface area contributed by atoms with Gasteiger partial charge in [-0.15, -0.1) is 0 Å². The van der Waals surface area contributed by atoms with Crippen molar-refractivity contribution >= 4 is 46.1 Å². The van der Waals surface area contributed by atoms with Gasteiger partial charge in [0.25, 0.3) is 11.5 Å². The molecule has 2 saturated heterocycles. The van der Waals surface area contributed by atoms with Gasteiger partial charge in [-0.3, -0.25) is 19.1 Å². The van der Waals surface area contributed by atoms with Crippen molar-refractivity contribution in [3.05, 3.63) is 55.7 Å². The van der Waals surface area contributed by atoms with Crippen LogP contribution in [0, 0.1) is 24.2 Å². The molecule has 4 heterocycles. The number of fused-ring (bicyclic) bond motifs is 1. The fraction of sp³-hybridized carbons (Fsp3) is 0.407. The van der Waals surface area contributed by atoms with E-state index < -0.39 is 0 Å². The number of thioether (sulfide) groups is 1. The van der Waals surface area contributed by atoms with Gasteiger partial charge in [-0.2, -0.15) is 5.26 Å². The van der Waals surface area contributed by atoms with Gasteiger partial charge < -0.3 is 14.4 Å². The van der Waals surface area contributed by atoms with E-state index in [-0.39, 0.29) is 23.8 Å². The summed E-state index contributed by atoms with van der Waals surface area (Å²) in [5, 5.41) is 9.80. The molecule has 0 aliphatic carbocycles. The number of pyridine rings is 1. The molecule has 1 atom stereocenters. The molecule has 0 spiro atoms. The number of nitriles is 1. The Bertz CT molecular complexity index is 1420. The molecule has 0 radical (unpaired) electrons. The third kappa shape index (κ3) is 4.62. The summed E-state index contributed by atoms with van der Waals surface area (Å²) in [5.41, 5.74) is 2.02. The van der Waals surface area contributed by atoms with Gasteiger partial charge >= 0.3 is 0 Å². The fourth-order valence-corrected chi connectivity index (χ4v) is 6.39. The van der Waals surface area contributed by atoms with Gasteiger partial charge in [0.1, 0.15) is 21.8 Å². The highest BCUT2D eigenvalue weighted by atomic mass is 32.2. The Hall–Kier alpha value is -3.29. The lowest BCUT2D eigenvalue weighted by atomic mass is 9.98. The van der Waals surface area contributed by atoms with Crippen molar-refractivity contribution < 1.29 is 14.3 Å². The zero-order chi connectivity index (χ0) is 26.3. The molecular formula is C27H28N4O4S2. The monoisotopic (exact) mass is 536 g/mol. The van der Waals surface area contributed by atoms with E-state index in [9.17, 15) is 14.9 Å². The van der Waals surface area contributed by atoms with Crippen LogP contribution in [-0.2, 0) is 17.9 Å². The second-order valence-corrected chi connectivity index (χ2v) is 11.2. The van der Waals surface area contributed by atoms with Crippen LogP contribution in [0.2, 0.25) is 0 Å². The van der Waals surface area contributed by atoms with Crippen molar-refractivity contribution in [1.29, 1.82) is 5.26 Å². The second kappa shape index (κ2) is 10.2. The van der Waals surface area contributed by atoms with Gasteiger partial charge in [-0.1, -0.05) is 37.0 Å². The van der Waals surface area contributed by atoms with E-state index >= 15 is 0 Å². The van der Waals surface area contributed by atoms with E-state index in [1.54, 1.807) is 16.4 Å². The summed E-state index contributed by atoms with van der Waals surface area (Å²) in [6, 6.07) is 7.68. The molecule has 37 heavy (non-hydrogen) atoms. The Morgan fingerprint density at radius 1 is 1.27 bits per heavy atom. The third-order valence-electron chi connectivity index (χ3n) is 7.05. The van der Waals surface area contributed by atoms with E-state index in [1.807, 2.05) is 31.2 Å². The maximum Gasteiger partial charge on any atom is 0.270 e. The molecular weight excluding hydrogens is 508 g/mol. The summed E-state index contributed by atoms with van der Waals surface area (Å²) in [7, 11) is 0. The number of piperidine rings is 1. The topological polar surface area (TPSA) is 87.8 Å². The van der Waals surface area contributed by atoms with Crippen LogP contribution in [0.5, 0.6) is 11.5 Å². The number of amides is 1. The standard InChI is InChI=1S/C27H28N4O4S2/c1-4-30-24(29-9-5-6-16(2)13-29)19(17(3)20(12-28)25(30)32)11-23-26(33)31(27(36)37-23)14-18-7-8-21-22(10-18)35-15-34-21/h7-8,10-11,16H,4-6,9,13-15H2,1-3H3/b23-11+. The molecule has 1 aromatic heterocycles. The predicted octanol–water partition coefficient (Wildman–Crippen LogP) is 4.41. The number of hydrogen-bond donors (Lipinski definition) is 0. The molecule has 1 aromatic carbocycles. The van der Waals surface area contributed by atoms with Gasteiger partial charge in [0.05, 0.1) is 11.4 Å². The molecule has 2 aromatic rings. The molecule has 0 saturated carbocycles. The van der Waals surface area contributed by atoms with Gasteiger partial charge in [-0.25, -0.2) is 0 Å². The van der Waals surface area contributed by atoms with Crippen LogP contribution >= 0.6 is 24.0 Å². The molecule has 10 heteroatoms. The molecule has 0 N–H and O–H groups in total. The summed E-state index contributed by atoms with van der Waals surface area (Å²) in [6.45, 7) is 8.46. The molecule has 8 nitrogen and oxygen atoms in total. The van der Waals surface area contributed by atoms with Crippen molar-refractivity contribution in [2.45, 2.75) is 46.7 Å². The summed E-state index contributed by atoms with van der Waals surface area (Å²) in [4.78, 5) is 31.0. The number of anilines is 1. The smallest absolute Gasteiger partial charge is 0.270 e. The summed E-state index contributed by atoms with van der Waals surface area (Å²) < 4.78 is 13.0. The number of aromatic nitrogens is 1. The first kappa shape index (κ1) is 25.4. The van der Waals surface area contributed by atoms with Crippen LogP contribution in [0.15, 0.2) is 27.9 Å². The number of carbonyl (C=O) groups is 1. The van der Waals surface area contributed by atoms with Crippen LogP contribution in [0.3, 0.4) is 0 Å². The number of hydrogen-bond acceptors (Lipinski definition) is 8. The lowest BCUT2D eigenvalue weighted by molar-refractivity contribution is -0.122. The normalized spacial score (nSPS) is 20.2. The molecule has 1 unspecified atom stereocenters. The zero-order valence-electron chi connectivity index (χ0n) is 21.1. The first-order valence-electron chi connectivity index (χ1n) is 12.4. The summed E-state index contributed by atoms with van der Waals surface area (Å²) in [5.74, 6) is 2.40. The van der Waals surface area contributed by atoms with Gasteiger partial charge in [0.15, 0.2) is 11.5 Å². The lowest BCUT2D eigenvalue weighted by Gasteiger charge is -2.35. The summed E-state index contributed by atoms with van der Waals surface area (Å²) in [6.07, 6.45) is 3.97. The van der Waals surface area contributed by atoms with E-state index in [2.05, 4.69) is 17.9 Å². The maximum absolute atomic E-state index is 13.5. The zero-order valence-corrected chi connectivity index (χ0v) is 22.7. The first-order chi connectivity index (χ1) is 17.8. The minimum Gasteiger partial charge on any atom is -0.454 e. The number of ether oxygens (including phenoxy) is 2. The largest absolute Gasteiger partial charge is 0.454 e. The number of nitrogens with zero attached hydrogens (tertiary/aromatic N) is 4. The molecule has 0 bridgehead atoms. The Labute approximate surface area is 225 Å². The predicted molar refractivity (Wildman–Crippen MR) is 148 cm³/mol. The van der Waals surface area contributed by atoms with Crippen LogP contribution in [-0.4, -0.2) is 39.6 Å². The lowest BCUT2D eigenvalue weighted by Crippen LogP contribution is -2.40. The highest BCUT2D eigenvalue weighted by Gasteiger charge is 2.34. The quantitative estimate of drug-likeness (QED) is 0.410. The minimum absolute atomic E-state index is 0.109. The molecule has 2 fully saturated rings. The van der Waals surface area contributed by atoms with E-state index in [4.69, 9.17) is 21.7 Å². The van der Waals surface area contributed by atoms with Crippen molar-refractivity contribution in [1.82, 2.24) is 9.47 Å². The van der Waals surface area contributed by atoms with Crippen molar-refractivity contribution in [2.75, 3.05) is 24.8 Å². The van der Waals surface area contributed by atoms with E-state index in [1.165, 1.54) is 11.8 Å². The number of rotatable bonds is 5. The van der Waals surface area contributed by atoms with Crippen molar-refractivity contribution in [3.63, 3.8) is 0 Å². The molecule has 192 valence electrons. The van der Waals surface area contributed by atoms with Crippen molar-refractivity contribution in [2.24, 2.45) is 5.92 Å².